The van der Waals surface area contributed by atoms with E-state index in [0.29, 0.717) is 11.5 Å². The van der Waals surface area contributed by atoms with Crippen molar-refractivity contribution in [2.24, 2.45) is 12.8 Å². The molecule has 0 fully saturated rings. The van der Waals surface area contributed by atoms with Gasteiger partial charge in [0.2, 0.25) is 0 Å². The number of fused-ring (bicyclic) bond motifs is 1. The van der Waals surface area contributed by atoms with E-state index in [0.717, 1.165) is 5.39 Å². The third kappa shape index (κ3) is 1.26. The lowest BCUT2D eigenvalue weighted by atomic mass is 10.3. The first-order chi connectivity index (χ1) is 6.68. The zero-order chi connectivity index (χ0) is 10.1. The number of rotatable bonds is 1. The standard InChI is InChI=1S/C8H9N5O/c1-13-7-5(3-2-4-10-7)6(12-13)11-8(9)14/h2-4H,1H3,(H3,9,11,12,14). The number of carbonyl (C=O) groups excluding carboxylic acids is 1. The molecule has 0 atom stereocenters. The molecule has 0 bridgehead atoms. The maximum absolute atomic E-state index is 10.7. The third-order valence-electron chi connectivity index (χ3n) is 1.84. The fourth-order valence-electron chi connectivity index (χ4n) is 1.30. The molecule has 0 aliphatic rings. The van der Waals surface area contributed by atoms with Crippen LogP contribution in [0, 0.1) is 0 Å². The van der Waals surface area contributed by atoms with E-state index >= 15 is 0 Å². The van der Waals surface area contributed by atoms with Crippen LogP contribution in [0.5, 0.6) is 0 Å². The number of aromatic nitrogens is 3. The molecule has 3 N–H and O–H groups in total. The lowest BCUT2D eigenvalue weighted by Gasteiger charge is -1.94. The predicted octanol–water partition coefficient (Wildman–Crippen LogP) is 0.459. The van der Waals surface area contributed by atoms with Gasteiger partial charge in [-0.3, -0.25) is 5.32 Å². The van der Waals surface area contributed by atoms with Gasteiger partial charge in [-0.15, -0.1) is 0 Å². The van der Waals surface area contributed by atoms with E-state index in [-0.39, 0.29) is 0 Å². The van der Waals surface area contributed by atoms with Gasteiger partial charge in [-0.25, -0.2) is 14.5 Å². The molecule has 6 nitrogen and oxygen atoms in total. The van der Waals surface area contributed by atoms with Gasteiger partial charge in [0.1, 0.15) is 0 Å². The summed E-state index contributed by atoms with van der Waals surface area (Å²) in [5, 5.41) is 7.28. The highest BCUT2D eigenvalue weighted by atomic mass is 16.2. The Morgan fingerprint density at radius 1 is 1.64 bits per heavy atom. The molecule has 0 aliphatic heterocycles. The molecule has 0 unspecified atom stereocenters. The SMILES string of the molecule is Cn1nc(NC(N)=O)c2cccnc21. The van der Waals surface area contributed by atoms with Crippen LogP contribution in [0.3, 0.4) is 0 Å². The van der Waals surface area contributed by atoms with Gasteiger partial charge in [0, 0.05) is 13.2 Å². The van der Waals surface area contributed by atoms with Crippen molar-refractivity contribution in [1.29, 1.82) is 0 Å². The largest absolute Gasteiger partial charge is 0.351 e. The number of aryl methyl sites for hydroxylation is 1. The Morgan fingerprint density at radius 2 is 2.43 bits per heavy atom. The zero-order valence-corrected chi connectivity index (χ0v) is 7.56. The lowest BCUT2D eigenvalue weighted by molar-refractivity contribution is 0.259. The molecule has 0 saturated carbocycles. The second-order valence-electron chi connectivity index (χ2n) is 2.84. The van der Waals surface area contributed by atoms with E-state index in [1.54, 1.807) is 24.0 Å². The first-order valence-electron chi connectivity index (χ1n) is 4.02. The number of nitrogens with one attached hydrogen (secondary N) is 1. The van der Waals surface area contributed by atoms with Crippen molar-refractivity contribution in [2.45, 2.75) is 0 Å². The highest BCUT2D eigenvalue weighted by molar-refractivity contribution is 5.97. The fraction of sp³-hybridized carbons (Fsp3) is 0.125. The van der Waals surface area contributed by atoms with Crippen LogP contribution in [0.4, 0.5) is 10.6 Å². The number of nitrogens with two attached hydrogens (primary N) is 1. The van der Waals surface area contributed by atoms with Gasteiger partial charge in [-0.1, -0.05) is 0 Å². The maximum Gasteiger partial charge on any atom is 0.317 e. The van der Waals surface area contributed by atoms with Crippen LogP contribution in [0.25, 0.3) is 11.0 Å². The average Bonchev–Trinajstić information content (AvgIpc) is 2.44. The Kier molecular flexibility index (Phi) is 1.81. The van der Waals surface area contributed by atoms with Crippen molar-refractivity contribution in [3.63, 3.8) is 0 Å². The van der Waals surface area contributed by atoms with Crippen LogP contribution in [0.15, 0.2) is 18.3 Å². The van der Waals surface area contributed by atoms with Crippen LogP contribution in [-0.2, 0) is 7.05 Å². The Morgan fingerprint density at radius 3 is 3.14 bits per heavy atom. The summed E-state index contributed by atoms with van der Waals surface area (Å²) in [6, 6.07) is 2.96. The van der Waals surface area contributed by atoms with Gasteiger partial charge in [0.15, 0.2) is 11.5 Å². The number of pyridine rings is 1. The summed E-state index contributed by atoms with van der Waals surface area (Å²) in [5.74, 6) is 0.433. The Bertz CT molecular complexity index is 489. The molecular weight excluding hydrogens is 182 g/mol. The monoisotopic (exact) mass is 191 g/mol. The number of hydrogen-bond acceptors (Lipinski definition) is 3. The highest BCUT2D eigenvalue weighted by Crippen LogP contribution is 2.19. The smallest absolute Gasteiger partial charge is 0.317 e. The summed E-state index contributed by atoms with van der Waals surface area (Å²) in [7, 11) is 1.75. The Balaban J connectivity index is 2.60. The van der Waals surface area contributed by atoms with Crippen molar-refractivity contribution in [2.75, 3.05) is 5.32 Å². The summed E-state index contributed by atoms with van der Waals surface area (Å²) in [4.78, 5) is 14.8. The summed E-state index contributed by atoms with van der Waals surface area (Å²) in [6.45, 7) is 0. The van der Waals surface area contributed by atoms with Crippen molar-refractivity contribution in [1.82, 2.24) is 14.8 Å². The second kappa shape index (κ2) is 2.99. The van der Waals surface area contributed by atoms with E-state index in [1.807, 2.05) is 6.07 Å². The molecule has 2 aromatic heterocycles. The van der Waals surface area contributed by atoms with Gasteiger partial charge in [0.25, 0.3) is 0 Å². The third-order valence-corrected chi connectivity index (χ3v) is 1.84. The number of hydrogen-bond donors (Lipinski definition) is 2. The summed E-state index contributed by atoms with van der Waals surface area (Å²) >= 11 is 0. The maximum atomic E-state index is 10.7. The molecule has 0 saturated heterocycles. The van der Waals surface area contributed by atoms with Gasteiger partial charge in [0.05, 0.1) is 5.39 Å². The van der Waals surface area contributed by atoms with Crippen LogP contribution < -0.4 is 11.1 Å². The first kappa shape index (κ1) is 8.49. The van der Waals surface area contributed by atoms with Crippen LogP contribution in [0.2, 0.25) is 0 Å². The first-order valence-corrected chi connectivity index (χ1v) is 4.02. The number of carbonyl (C=O) groups is 1. The quantitative estimate of drug-likeness (QED) is 0.686. The molecule has 0 aliphatic carbocycles. The molecule has 6 heteroatoms. The minimum Gasteiger partial charge on any atom is -0.351 e. The van der Waals surface area contributed by atoms with E-state index in [1.165, 1.54) is 0 Å². The van der Waals surface area contributed by atoms with Crippen molar-refractivity contribution in [3.8, 4) is 0 Å². The number of anilines is 1. The van der Waals surface area contributed by atoms with Gasteiger partial charge in [-0.2, -0.15) is 5.10 Å². The lowest BCUT2D eigenvalue weighted by Crippen LogP contribution is -2.19. The molecule has 2 rings (SSSR count). The van der Waals surface area contributed by atoms with Crippen molar-refractivity contribution >= 4 is 22.9 Å². The molecule has 2 heterocycles. The van der Waals surface area contributed by atoms with Gasteiger partial charge >= 0.3 is 6.03 Å². The molecule has 2 aromatic rings. The average molecular weight is 191 g/mol. The van der Waals surface area contributed by atoms with E-state index < -0.39 is 6.03 Å². The fourth-order valence-corrected chi connectivity index (χ4v) is 1.30. The van der Waals surface area contributed by atoms with Crippen molar-refractivity contribution < 1.29 is 4.79 Å². The summed E-state index contributed by atoms with van der Waals surface area (Å²) in [5.41, 5.74) is 5.71. The van der Waals surface area contributed by atoms with E-state index in [2.05, 4.69) is 15.4 Å². The summed E-state index contributed by atoms with van der Waals surface area (Å²) < 4.78 is 1.58. The highest BCUT2D eigenvalue weighted by Gasteiger charge is 2.09. The minimum atomic E-state index is -0.631. The molecule has 2 amide bonds. The molecule has 0 radical (unpaired) electrons. The molecule has 14 heavy (non-hydrogen) atoms. The predicted molar refractivity (Wildman–Crippen MR) is 51.7 cm³/mol. The number of primary amides is 1. The molecular formula is C8H9N5O. The van der Waals surface area contributed by atoms with Crippen molar-refractivity contribution in [3.05, 3.63) is 18.3 Å². The second-order valence-corrected chi connectivity index (χ2v) is 2.84. The van der Waals surface area contributed by atoms with Crippen LogP contribution in [0.1, 0.15) is 0 Å². The molecule has 0 spiro atoms. The molecule has 72 valence electrons. The normalized spacial score (nSPS) is 10.4. The summed E-state index contributed by atoms with van der Waals surface area (Å²) in [6.07, 6.45) is 1.66. The topological polar surface area (TPSA) is 85.8 Å². The van der Waals surface area contributed by atoms with Gasteiger partial charge < -0.3 is 5.73 Å². The van der Waals surface area contributed by atoms with Crippen LogP contribution >= 0.6 is 0 Å². The zero-order valence-electron chi connectivity index (χ0n) is 7.56. The number of urea groups is 1. The van der Waals surface area contributed by atoms with E-state index in [9.17, 15) is 4.79 Å². The van der Waals surface area contributed by atoms with Crippen LogP contribution in [-0.4, -0.2) is 20.8 Å². The Hall–Kier alpha value is -2.11. The number of amides is 2. The number of nitrogens with zero attached hydrogens (tertiary/aromatic N) is 3. The minimum absolute atomic E-state index is 0.433. The van der Waals surface area contributed by atoms with E-state index in [4.69, 9.17) is 5.73 Å². The Labute approximate surface area is 79.7 Å². The molecule has 0 aromatic carbocycles. The van der Waals surface area contributed by atoms with Gasteiger partial charge in [-0.05, 0) is 12.1 Å².